The molecule has 0 amide bonds. The first kappa shape index (κ1) is 25.7. The van der Waals surface area contributed by atoms with Gasteiger partial charge in [0.1, 0.15) is 11.6 Å². The minimum atomic E-state index is -0.487. The van der Waals surface area contributed by atoms with Gasteiger partial charge in [0.15, 0.2) is 0 Å². The van der Waals surface area contributed by atoms with Crippen molar-refractivity contribution in [1.82, 2.24) is 9.47 Å². The smallest absolute Gasteiger partial charge is 0.131 e. The molecule has 4 nitrogen and oxygen atoms in total. The highest BCUT2D eigenvalue weighted by atomic mass is 19.1. The molecular formula is C28H35F2N3O. The Balaban J connectivity index is 2.20. The lowest BCUT2D eigenvalue weighted by Crippen LogP contribution is -2.39. The molecule has 182 valence electrons. The maximum absolute atomic E-state index is 14.7. The first-order valence-electron chi connectivity index (χ1n) is 11.6. The van der Waals surface area contributed by atoms with Gasteiger partial charge in [-0.15, -0.1) is 0 Å². The van der Waals surface area contributed by atoms with E-state index in [1.165, 1.54) is 6.07 Å². The first-order chi connectivity index (χ1) is 16.2. The van der Waals surface area contributed by atoms with Crippen LogP contribution < -0.4 is 5.73 Å². The molecule has 3 rings (SSSR count). The number of rotatable bonds is 10. The minimum Gasteiger partial charge on any atom is -0.390 e. The molecule has 2 aromatic carbocycles. The summed E-state index contributed by atoms with van der Waals surface area (Å²) in [5, 5.41) is 9.95. The number of hydrogen-bond acceptors (Lipinski definition) is 3. The fourth-order valence-corrected chi connectivity index (χ4v) is 4.43. The summed E-state index contributed by atoms with van der Waals surface area (Å²) in [7, 11) is 0. The van der Waals surface area contributed by atoms with Crippen LogP contribution in [0.3, 0.4) is 0 Å². The van der Waals surface area contributed by atoms with Crippen LogP contribution in [0.15, 0.2) is 73.1 Å². The second-order valence-corrected chi connectivity index (χ2v) is 9.72. The molecule has 1 atom stereocenters. The average Bonchev–Trinajstić information content (AvgIpc) is 3.19. The normalized spacial score (nSPS) is 12.6. The van der Waals surface area contributed by atoms with Gasteiger partial charge >= 0.3 is 0 Å². The van der Waals surface area contributed by atoms with E-state index in [1.807, 2.05) is 42.6 Å². The van der Waals surface area contributed by atoms with Crippen molar-refractivity contribution in [2.75, 3.05) is 19.7 Å². The SMILES string of the molecule is C=C(CO)N(CCCN)[C@@H](c1cc(-c2cc(F)ccc2F)cn1Cc1ccccc1)C(C)(C)C. The van der Waals surface area contributed by atoms with Crippen LogP contribution in [0.1, 0.15) is 44.5 Å². The van der Waals surface area contributed by atoms with Crippen molar-refractivity contribution in [3.8, 4) is 11.1 Å². The molecule has 3 aromatic rings. The highest BCUT2D eigenvalue weighted by Crippen LogP contribution is 2.42. The number of hydrogen-bond donors (Lipinski definition) is 2. The fraction of sp³-hybridized carbons (Fsp3) is 0.357. The largest absolute Gasteiger partial charge is 0.390 e. The Bertz CT molecular complexity index is 1100. The van der Waals surface area contributed by atoms with Gasteiger partial charge in [0, 0.05) is 41.8 Å². The zero-order valence-corrected chi connectivity index (χ0v) is 20.3. The van der Waals surface area contributed by atoms with E-state index >= 15 is 0 Å². The zero-order chi connectivity index (χ0) is 24.9. The van der Waals surface area contributed by atoms with Crippen LogP contribution in [-0.4, -0.2) is 34.3 Å². The minimum absolute atomic E-state index is 0.179. The van der Waals surface area contributed by atoms with Gasteiger partial charge in [0.2, 0.25) is 0 Å². The van der Waals surface area contributed by atoms with E-state index in [4.69, 9.17) is 5.73 Å². The molecule has 1 aromatic heterocycles. The highest BCUT2D eigenvalue weighted by Gasteiger charge is 2.35. The molecule has 0 aliphatic rings. The van der Waals surface area contributed by atoms with Gasteiger partial charge in [0.05, 0.1) is 12.6 Å². The summed E-state index contributed by atoms with van der Waals surface area (Å²) < 4.78 is 30.8. The molecule has 1 heterocycles. The second kappa shape index (κ2) is 11.0. The lowest BCUT2D eigenvalue weighted by Gasteiger charge is -2.43. The number of benzene rings is 2. The quantitative estimate of drug-likeness (QED) is 0.401. The molecule has 34 heavy (non-hydrogen) atoms. The lowest BCUT2D eigenvalue weighted by molar-refractivity contribution is 0.110. The molecule has 0 unspecified atom stereocenters. The molecular weight excluding hydrogens is 432 g/mol. The van der Waals surface area contributed by atoms with Gasteiger partial charge in [-0.1, -0.05) is 57.7 Å². The van der Waals surface area contributed by atoms with Crippen LogP contribution in [0.2, 0.25) is 0 Å². The molecule has 0 fully saturated rings. The summed E-state index contributed by atoms with van der Waals surface area (Å²) in [5.41, 5.74) is 8.98. The Kier molecular flexibility index (Phi) is 8.28. The summed E-state index contributed by atoms with van der Waals surface area (Å²) >= 11 is 0. The Labute approximate surface area is 201 Å². The predicted octanol–water partition coefficient (Wildman–Crippen LogP) is 5.73. The van der Waals surface area contributed by atoms with E-state index in [9.17, 15) is 13.9 Å². The molecule has 0 saturated carbocycles. The van der Waals surface area contributed by atoms with E-state index in [0.717, 1.165) is 29.8 Å². The molecule has 0 saturated heterocycles. The second-order valence-electron chi connectivity index (χ2n) is 9.72. The summed E-state index contributed by atoms with van der Waals surface area (Å²) in [4.78, 5) is 2.09. The molecule has 0 radical (unpaired) electrons. The van der Waals surface area contributed by atoms with Gasteiger partial charge in [-0.2, -0.15) is 0 Å². The van der Waals surface area contributed by atoms with Crippen molar-refractivity contribution < 1.29 is 13.9 Å². The number of aliphatic hydroxyl groups is 1. The Hall–Kier alpha value is -2.96. The van der Waals surface area contributed by atoms with Crippen LogP contribution in [0.5, 0.6) is 0 Å². The number of nitrogens with two attached hydrogens (primary N) is 1. The van der Waals surface area contributed by atoms with Crippen LogP contribution in [0.25, 0.3) is 11.1 Å². The zero-order valence-electron chi connectivity index (χ0n) is 20.3. The van der Waals surface area contributed by atoms with Gasteiger partial charge in [-0.05, 0) is 48.2 Å². The van der Waals surface area contributed by atoms with E-state index in [-0.39, 0.29) is 23.6 Å². The fourth-order valence-electron chi connectivity index (χ4n) is 4.43. The summed E-state index contributed by atoms with van der Waals surface area (Å²) in [6.45, 7) is 12.0. The van der Waals surface area contributed by atoms with Crippen molar-refractivity contribution in [3.63, 3.8) is 0 Å². The molecule has 3 N–H and O–H groups in total. The maximum atomic E-state index is 14.7. The number of nitrogens with zero attached hydrogens (tertiary/aromatic N) is 2. The van der Waals surface area contributed by atoms with Crippen molar-refractivity contribution in [2.24, 2.45) is 11.1 Å². The lowest BCUT2D eigenvalue weighted by atomic mass is 9.82. The molecule has 6 heteroatoms. The van der Waals surface area contributed by atoms with E-state index in [0.29, 0.717) is 30.9 Å². The number of aliphatic hydroxyl groups excluding tert-OH is 1. The molecule has 0 spiro atoms. The van der Waals surface area contributed by atoms with E-state index in [1.54, 1.807) is 0 Å². The van der Waals surface area contributed by atoms with Gasteiger partial charge in [-0.25, -0.2) is 8.78 Å². The maximum Gasteiger partial charge on any atom is 0.131 e. The van der Waals surface area contributed by atoms with Crippen molar-refractivity contribution in [1.29, 1.82) is 0 Å². The van der Waals surface area contributed by atoms with Crippen LogP contribution in [-0.2, 0) is 6.54 Å². The molecule has 0 aliphatic heterocycles. The third-order valence-electron chi connectivity index (χ3n) is 5.97. The highest BCUT2D eigenvalue weighted by molar-refractivity contribution is 5.65. The number of aromatic nitrogens is 1. The Morgan fingerprint density at radius 1 is 1.12 bits per heavy atom. The van der Waals surface area contributed by atoms with Gasteiger partial charge in [0.25, 0.3) is 0 Å². The Morgan fingerprint density at radius 3 is 2.44 bits per heavy atom. The van der Waals surface area contributed by atoms with Gasteiger partial charge < -0.3 is 20.3 Å². The summed E-state index contributed by atoms with van der Waals surface area (Å²) in [6, 6.07) is 15.2. The van der Waals surface area contributed by atoms with Gasteiger partial charge in [-0.3, -0.25) is 0 Å². The summed E-state index contributed by atoms with van der Waals surface area (Å²) in [5.74, 6) is -0.962. The average molecular weight is 468 g/mol. The first-order valence-corrected chi connectivity index (χ1v) is 11.6. The van der Waals surface area contributed by atoms with Crippen molar-refractivity contribution in [3.05, 3.63) is 96.0 Å². The molecule has 0 aliphatic carbocycles. The number of halogens is 2. The monoisotopic (exact) mass is 467 g/mol. The standard InChI is InChI=1S/C28H35F2N3O/c1-20(19-34)33(14-8-13-31)27(28(2,3)4)26-15-22(24-16-23(29)11-12-25(24)30)18-32(26)17-21-9-6-5-7-10-21/h5-7,9-12,15-16,18,27,34H,1,8,13-14,17,19,31H2,2-4H3/t27-/m0/s1. The van der Waals surface area contributed by atoms with Crippen molar-refractivity contribution in [2.45, 2.75) is 39.8 Å². The topological polar surface area (TPSA) is 54.4 Å². The van der Waals surface area contributed by atoms with Crippen LogP contribution in [0.4, 0.5) is 8.78 Å². The van der Waals surface area contributed by atoms with Crippen LogP contribution in [0, 0.1) is 17.0 Å². The van der Waals surface area contributed by atoms with E-state index < -0.39 is 11.6 Å². The molecule has 0 bridgehead atoms. The predicted molar refractivity (Wildman–Crippen MR) is 134 cm³/mol. The summed E-state index contributed by atoms with van der Waals surface area (Å²) in [6.07, 6.45) is 2.61. The third-order valence-corrected chi connectivity index (χ3v) is 5.97. The van der Waals surface area contributed by atoms with E-state index in [2.05, 4.69) is 36.8 Å². The van der Waals surface area contributed by atoms with Crippen LogP contribution >= 0.6 is 0 Å². The Morgan fingerprint density at radius 2 is 1.82 bits per heavy atom. The van der Waals surface area contributed by atoms with Crippen molar-refractivity contribution >= 4 is 0 Å². The third kappa shape index (κ3) is 5.93.